The van der Waals surface area contributed by atoms with Gasteiger partial charge in [-0.2, -0.15) is 0 Å². The van der Waals surface area contributed by atoms with Crippen LogP contribution in [0.25, 0.3) is 0 Å². The van der Waals surface area contributed by atoms with Gasteiger partial charge in [-0.25, -0.2) is 0 Å². The normalized spacial score (nSPS) is 9.00. The van der Waals surface area contributed by atoms with E-state index in [-0.39, 0.29) is 5.84 Å². The van der Waals surface area contributed by atoms with Gasteiger partial charge in [0.25, 0.3) is 0 Å². The third-order valence-corrected chi connectivity index (χ3v) is 1.39. The SMILES string of the molecule is N=C(N)c1ccc(N[C]=O)cc1. The lowest BCUT2D eigenvalue weighted by molar-refractivity contribution is 0.561. The molecule has 0 bridgehead atoms. The summed E-state index contributed by atoms with van der Waals surface area (Å²) in [6, 6.07) is 6.62. The highest BCUT2D eigenvalue weighted by molar-refractivity contribution is 5.95. The first-order valence-electron chi connectivity index (χ1n) is 3.31. The fraction of sp³-hybridized carbons (Fsp3) is 0. The molecule has 0 heterocycles. The van der Waals surface area contributed by atoms with E-state index in [0.29, 0.717) is 11.3 Å². The van der Waals surface area contributed by atoms with Crippen molar-refractivity contribution in [1.82, 2.24) is 0 Å². The number of hydrogen-bond acceptors (Lipinski definition) is 2. The Labute approximate surface area is 69.9 Å². The summed E-state index contributed by atoms with van der Waals surface area (Å²) in [4.78, 5) is 9.89. The van der Waals surface area contributed by atoms with Crippen LogP contribution >= 0.6 is 0 Å². The van der Waals surface area contributed by atoms with Crippen molar-refractivity contribution in [3.05, 3.63) is 29.8 Å². The molecule has 0 fully saturated rings. The van der Waals surface area contributed by atoms with Gasteiger partial charge in [0, 0.05) is 11.3 Å². The van der Waals surface area contributed by atoms with Crippen LogP contribution in [-0.4, -0.2) is 12.2 Å². The van der Waals surface area contributed by atoms with Gasteiger partial charge < -0.3 is 11.1 Å². The molecule has 1 rings (SSSR count). The Bertz CT molecular complexity index is 292. The number of hydrogen-bond donors (Lipinski definition) is 3. The zero-order valence-corrected chi connectivity index (χ0v) is 6.29. The molecule has 1 radical (unpaired) electrons. The highest BCUT2D eigenvalue weighted by atomic mass is 16.1. The van der Waals surface area contributed by atoms with Crippen molar-refractivity contribution in [3.8, 4) is 0 Å². The molecule has 4 nitrogen and oxygen atoms in total. The van der Waals surface area contributed by atoms with E-state index in [0.717, 1.165) is 0 Å². The predicted molar refractivity (Wildman–Crippen MR) is 46.8 cm³/mol. The van der Waals surface area contributed by atoms with Crippen LogP contribution in [-0.2, 0) is 4.79 Å². The summed E-state index contributed by atoms with van der Waals surface area (Å²) in [5.74, 6) is 0.0108. The topological polar surface area (TPSA) is 79.0 Å². The third-order valence-electron chi connectivity index (χ3n) is 1.39. The lowest BCUT2D eigenvalue weighted by Gasteiger charge is -1.99. The lowest BCUT2D eigenvalue weighted by Crippen LogP contribution is -2.10. The van der Waals surface area contributed by atoms with Crippen LogP contribution in [0.15, 0.2) is 24.3 Å². The average Bonchev–Trinajstić information content (AvgIpc) is 2.06. The molecule has 0 aromatic heterocycles. The van der Waals surface area contributed by atoms with E-state index in [1.165, 1.54) is 0 Å². The Morgan fingerprint density at radius 2 is 2.00 bits per heavy atom. The van der Waals surface area contributed by atoms with Gasteiger partial charge in [0.2, 0.25) is 0 Å². The Balaban J connectivity index is 2.85. The molecule has 1 amide bonds. The number of amides is 1. The summed E-state index contributed by atoms with van der Waals surface area (Å²) in [5.41, 5.74) is 6.49. The van der Waals surface area contributed by atoms with E-state index in [1.807, 2.05) is 0 Å². The number of rotatable bonds is 3. The van der Waals surface area contributed by atoms with Gasteiger partial charge in [-0.1, -0.05) is 0 Å². The van der Waals surface area contributed by atoms with E-state index in [9.17, 15) is 4.79 Å². The van der Waals surface area contributed by atoms with Gasteiger partial charge in [0.05, 0.1) is 0 Å². The van der Waals surface area contributed by atoms with Crippen molar-refractivity contribution < 1.29 is 4.79 Å². The molecule has 1 aromatic carbocycles. The molecule has 0 unspecified atom stereocenters. The van der Waals surface area contributed by atoms with Gasteiger partial charge in [-0.15, -0.1) is 0 Å². The fourth-order valence-electron chi connectivity index (χ4n) is 0.792. The van der Waals surface area contributed by atoms with E-state index in [4.69, 9.17) is 11.1 Å². The molecule has 1 aromatic rings. The van der Waals surface area contributed by atoms with Crippen LogP contribution in [0.3, 0.4) is 0 Å². The Kier molecular flexibility index (Phi) is 2.42. The summed E-state index contributed by atoms with van der Waals surface area (Å²) in [7, 11) is 0. The Morgan fingerprint density at radius 3 is 2.42 bits per heavy atom. The summed E-state index contributed by atoms with van der Waals surface area (Å²) < 4.78 is 0. The first-order chi connectivity index (χ1) is 5.74. The molecule has 12 heavy (non-hydrogen) atoms. The van der Waals surface area contributed by atoms with Crippen molar-refractivity contribution in [2.75, 3.05) is 5.32 Å². The minimum atomic E-state index is 0.0108. The highest BCUT2D eigenvalue weighted by Crippen LogP contribution is 2.07. The van der Waals surface area contributed by atoms with Gasteiger partial charge in [0.1, 0.15) is 5.84 Å². The second-order valence-electron chi connectivity index (χ2n) is 2.22. The number of nitrogens with two attached hydrogens (primary N) is 1. The summed E-state index contributed by atoms with van der Waals surface area (Å²) in [6.07, 6.45) is 1.55. The molecule has 4 N–H and O–H groups in total. The first-order valence-corrected chi connectivity index (χ1v) is 3.31. The Morgan fingerprint density at radius 1 is 1.42 bits per heavy atom. The number of carbonyl (C=O) groups excluding carboxylic acids is 1. The third kappa shape index (κ3) is 1.82. The van der Waals surface area contributed by atoms with Crippen LogP contribution < -0.4 is 11.1 Å². The van der Waals surface area contributed by atoms with Gasteiger partial charge in [0.15, 0.2) is 0 Å². The number of amidine groups is 1. The van der Waals surface area contributed by atoms with E-state index in [2.05, 4.69) is 5.32 Å². The highest BCUT2D eigenvalue weighted by Gasteiger charge is 1.95. The van der Waals surface area contributed by atoms with Crippen LogP contribution in [0.4, 0.5) is 5.69 Å². The number of nitrogen functional groups attached to an aromatic ring is 1. The van der Waals surface area contributed by atoms with Crippen molar-refractivity contribution in [1.29, 1.82) is 5.41 Å². The zero-order chi connectivity index (χ0) is 8.97. The maximum atomic E-state index is 9.89. The molecule has 0 aliphatic heterocycles. The lowest BCUT2D eigenvalue weighted by atomic mass is 10.2. The maximum absolute atomic E-state index is 9.89. The average molecular weight is 162 g/mol. The molecule has 0 spiro atoms. The molecule has 0 atom stereocenters. The van der Waals surface area contributed by atoms with Gasteiger partial charge in [-0.3, -0.25) is 10.2 Å². The second-order valence-corrected chi connectivity index (χ2v) is 2.22. The molecular formula is C8H8N3O. The summed E-state index contributed by atoms with van der Waals surface area (Å²) >= 11 is 0. The number of benzene rings is 1. The number of nitrogens with one attached hydrogen (secondary N) is 2. The van der Waals surface area contributed by atoms with Crippen LogP contribution in [0.2, 0.25) is 0 Å². The van der Waals surface area contributed by atoms with Gasteiger partial charge >= 0.3 is 6.41 Å². The van der Waals surface area contributed by atoms with Crippen molar-refractivity contribution in [2.24, 2.45) is 5.73 Å². The zero-order valence-electron chi connectivity index (χ0n) is 6.29. The smallest absolute Gasteiger partial charge is 0.314 e. The van der Waals surface area contributed by atoms with Crippen molar-refractivity contribution >= 4 is 17.9 Å². The van der Waals surface area contributed by atoms with E-state index in [1.54, 1.807) is 30.7 Å². The first kappa shape index (κ1) is 8.26. The predicted octanol–water partition coefficient (Wildman–Crippen LogP) is 0.450. The molecule has 0 aliphatic rings. The fourth-order valence-corrected chi connectivity index (χ4v) is 0.792. The van der Waals surface area contributed by atoms with Crippen LogP contribution in [0.1, 0.15) is 5.56 Å². The van der Waals surface area contributed by atoms with Crippen LogP contribution in [0.5, 0.6) is 0 Å². The minimum Gasteiger partial charge on any atom is -0.384 e. The summed E-state index contributed by atoms with van der Waals surface area (Å²) in [6.45, 7) is 0. The molecule has 4 heteroatoms. The van der Waals surface area contributed by atoms with Gasteiger partial charge in [-0.05, 0) is 24.3 Å². The Hall–Kier alpha value is -1.84. The molecule has 0 saturated carbocycles. The molecule has 61 valence electrons. The quantitative estimate of drug-likeness (QED) is 0.342. The molecular weight excluding hydrogens is 154 g/mol. The number of anilines is 1. The molecule has 0 aliphatic carbocycles. The second kappa shape index (κ2) is 3.52. The van der Waals surface area contributed by atoms with Crippen LogP contribution in [0, 0.1) is 5.41 Å². The largest absolute Gasteiger partial charge is 0.384 e. The standard InChI is InChI=1S/C8H8N3O/c9-8(10)6-1-3-7(4-2-6)11-5-12/h1-4H,(H3,9,10)(H,11,12). The maximum Gasteiger partial charge on any atom is 0.314 e. The molecule has 0 saturated heterocycles. The van der Waals surface area contributed by atoms with E-state index < -0.39 is 0 Å². The van der Waals surface area contributed by atoms with Crippen molar-refractivity contribution in [2.45, 2.75) is 0 Å². The van der Waals surface area contributed by atoms with Crippen molar-refractivity contribution in [3.63, 3.8) is 0 Å². The minimum absolute atomic E-state index is 0.0108. The van der Waals surface area contributed by atoms with E-state index >= 15 is 0 Å². The summed E-state index contributed by atoms with van der Waals surface area (Å²) in [5, 5.41) is 9.44. The monoisotopic (exact) mass is 162 g/mol.